The van der Waals surface area contributed by atoms with E-state index in [9.17, 15) is 14.4 Å². The maximum absolute atomic E-state index is 12.4. The molecule has 152 valence electrons. The SMILES string of the molecule is Cc1ccc(C(=O)C(C)OC(=O)COc2ccc(C(=O)c3ccccc3)cc2)cc1. The summed E-state index contributed by atoms with van der Waals surface area (Å²) in [5, 5.41) is 0. The molecule has 0 aliphatic heterocycles. The van der Waals surface area contributed by atoms with E-state index >= 15 is 0 Å². The number of ketones is 2. The van der Waals surface area contributed by atoms with Crippen molar-refractivity contribution in [2.45, 2.75) is 20.0 Å². The fourth-order valence-corrected chi connectivity index (χ4v) is 2.84. The van der Waals surface area contributed by atoms with Gasteiger partial charge >= 0.3 is 5.97 Å². The van der Waals surface area contributed by atoms with Gasteiger partial charge in [-0.15, -0.1) is 0 Å². The fraction of sp³-hybridized carbons (Fsp3) is 0.160. The van der Waals surface area contributed by atoms with Crippen LogP contribution in [0.4, 0.5) is 0 Å². The topological polar surface area (TPSA) is 69.7 Å². The Morgan fingerprint density at radius 1 is 0.767 bits per heavy atom. The second kappa shape index (κ2) is 9.65. The van der Waals surface area contributed by atoms with Crippen LogP contribution < -0.4 is 4.74 Å². The highest BCUT2D eigenvalue weighted by Gasteiger charge is 2.19. The largest absolute Gasteiger partial charge is 0.482 e. The van der Waals surface area contributed by atoms with Gasteiger partial charge in [0, 0.05) is 16.7 Å². The Bertz CT molecular complexity index is 1020. The molecule has 0 bridgehead atoms. The summed E-state index contributed by atoms with van der Waals surface area (Å²) < 4.78 is 10.6. The van der Waals surface area contributed by atoms with Crippen LogP contribution in [0.25, 0.3) is 0 Å². The van der Waals surface area contributed by atoms with Crippen LogP contribution in [0, 0.1) is 6.92 Å². The van der Waals surface area contributed by atoms with Gasteiger partial charge in [-0.3, -0.25) is 9.59 Å². The molecule has 5 heteroatoms. The summed E-state index contributed by atoms with van der Waals surface area (Å²) in [5.41, 5.74) is 2.65. The molecule has 3 aromatic rings. The zero-order chi connectivity index (χ0) is 21.5. The third-order valence-corrected chi connectivity index (χ3v) is 4.52. The lowest BCUT2D eigenvalue weighted by atomic mass is 10.0. The van der Waals surface area contributed by atoms with Gasteiger partial charge < -0.3 is 9.47 Å². The molecule has 0 saturated carbocycles. The van der Waals surface area contributed by atoms with E-state index < -0.39 is 12.1 Å². The Hall–Kier alpha value is -3.73. The van der Waals surface area contributed by atoms with Crippen LogP contribution in [0.15, 0.2) is 78.9 Å². The van der Waals surface area contributed by atoms with Crippen LogP contribution in [0.1, 0.15) is 38.8 Å². The third-order valence-electron chi connectivity index (χ3n) is 4.52. The highest BCUT2D eigenvalue weighted by atomic mass is 16.6. The summed E-state index contributed by atoms with van der Waals surface area (Å²) in [5.74, 6) is -0.585. The van der Waals surface area contributed by atoms with Crippen molar-refractivity contribution in [1.82, 2.24) is 0 Å². The van der Waals surface area contributed by atoms with Gasteiger partial charge in [-0.2, -0.15) is 0 Å². The Morgan fingerprint density at radius 3 is 1.97 bits per heavy atom. The molecule has 0 aliphatic rings. The van der Waals surface area contributed by atoms with E-state index in [2.05, 4.69) is 0 Å². The number of hydrogen-bond acceptors (Lipinski definition) is 5. The maximum atomic E-state index is 12.4. The molecule has 0 aliphatic carbocycles. The molecule has 0 heterocycles. The zero-order valence-electron chi connectivity index (χ0n) is 16.8. The summed E-state index contributed by atoms with van der Waals surface area (Å²) in [7, 11) is 0. The summed E-state index contributed by atoms with van der Waals surface area (Å²) in [6, 6.07) is 22.5. The van der Waals surface area contributed by atoms with E-state index in [0.717, 1.165) is 5.56 Å². The van der Waals surface area contributed by atoms with Crippen LogP contribution in [-0.2, 0) is 9.53 Å². The van der Waals surface area contributed by atoms with Gasteiger partial charge in [-0.25, -0.2) is 4.79 Å². The molecule has 3 rings (SSSR count). The molecule has 0 radical (unpaired) electrons. The van der Waals surface area contributed by atoms with Crippen LogP contribution >= 0.6 is 0 Å². The quantitative estimate of drug-likeness (QED) is 0.412. The highest BCUT2D eigenvalue weighted by molar-refractivity contribution is 6.09. The maximum Gasteiger partial charge on any atom is 0.344 e. The molecule has 0 amide bonds. The van der Waals surface area contributed by atoms with E-state index in [1.807, 2.05) is 25.1 Å². The zero-order valence-corrected chi connectivity index (χ0v) is 16.8. The van der Waals surface area contributed by atoms with Gasteiger partial charge in [0.05, 0.1) is 0 Å². The van der Waals surface area contributed by atoms with Gasteiger partial charge in [0.2, 0.25) is 5.78 Å². The van der Waals surface area contributed by atoms with E-state index in [-0.39, 0.29) is 18.2 Å². The number of carbonyl (C=O) groups is 3. The van der Waals surface area contributed by atoms with Crippen molar-refractivity contribution in [3.05, 3.63) is 101 Å². The first-order valence-corrected chi connectivity index (χ1v) is 9.57. The van der Waals surface area contributed by atoms with E-state index in [0.29, 0.717) is 22.4 Å². The molecule has 3 aromatic carbocycles. The lowest BCUT2D eigenvalue weighted by Gasteiger charge is -2.13. The van der Waals surface area contributed by atoms with E-state index in [1.165, 1.54) is 6.92 Å². The van der Waals surface area contributed by atoms with Crippen LogP contribution in [0.2, 0.25) is 0 Å². The molecule has 0 spiro atoms. The molecular weight excluding hydrogens is 380 g/mol. The number of carbonyl (C=O) groups excluding carboxylic acids is 3. The van der Waals surface area contributed by atoms with Crippen LogP contribution in [0.5, 0.6) is 5.75 Å². The van der Waals surface area contributed by atoms with Gasteiger partial charge in [-0.05, 0) is 38.1 Å². The van der Waals surface area contributed by atoms with Gasteiger partial charge in [0.25, 0.3) is 0 Å². The second-order valence-corrected chi connectivity index (χ2v) is 6.87. The molecule has 0 N–H and O–H groups in total. The lowest BCUT2D eigenvalue weighted by molar-refractivity contribution is -0.148. The van der Waals surface area contributed by atoms with Crippen molar-refractivity contribution in [2.24, 2.45) is 0 Å². The molecule has 1 unspecified atom stereocenters. The molecular formula is C25H22O5. The smallest absolute Gasteiger partial charge is 0.344 e. The molecule has 5 nitrogen and oxygen atoms in total. The van der Waals surface area contributed by atoms with Crippen LogP contribution in [-0.4, -0.2) is 30.2 Å². The Kier molecular flexibility index (Phi) is 6.75. The van der Waals surface area contributed by atoms with Crippen molar-refractivity contribution in [2.75, 3.05) is 6.61 Å². The minimum absolute atomic E-state index is 0.0926. The summed E-state index contributed by atoms with van der Waals surface area (Å²) in [6.07, 6.45) is -0.908. The normalized spacial score (nSPS) is 11.4. The first kappa shape index (κ1) is 21.0. The minimum Gasteiger partial charge on any atom is -0.482 e. The number of rotatable bonds is 8. The number of benzene rings is 3. The van der Waals surface area contributed by atoms with E-state index in [1.54, 1.807) is 60.7 Å². The second-order valence-electron chi connectivity index (χ2n) is 6.87. The molecule has 0 fully saturated rings. The summed E-state index contributed by atoms with van der Waals surface area (Å²) >= 11 is 0. The number of hydrogen-bond donors (Lipinski definition) is 0. The predicted molar refractivity (Wildman–Crippen MR) is 113 cm³/mol. The number of Topliss-reactive ketones (excluding diaryl/α,β-unsaturated/α-hetero) is 1. The average Bonchev–Trinajstić information content (AvgIpc) is 2.78. The first-order valence-electron chi connectivity index (χ1n) is 9.57. The fourth-order valence-electron chi connectivity index (χ4n) is 2.84. The first-order chi connectivity index (χ1) is 14.4. The van der Waals surface area contributed by atoms with E-state index in [4.69, 9.17) is 9.47 Å². The van der Waals surface area contributed by atoms with Crippen molar-refractivity contribution in [3.63, 3.8) is 0 Å². The number of aryl methyl sites for hydroxylation is 1. The van der Waals surface area contributed by atoms with Crippen molar-refractivity contribution in [1.29, 1.82) is 0 Å². The molecule has 0 saturated heterocycles. The number of ether oxygens (including phenoxy) is 2. The van der Waals surface area contributed by atoms with Gasteiger partial charge in [0.15, 0.2) is 18.5 Å². The molecule has 0 aromatic heterocycles. The third kappa shape index (κ3) is 5.41. The highest BCUT2D eigenvalue weighted by Crippen LogP contribution is 2.16. The van der Waals surface area contributed by atoms with Gasteiger partial charge in [0.1, 0.15) is 5.75 Å². The van der Waals surface area contributed by atoms with Gasteiger partial charge in [-0.1, -0.05) is 60.2 Å². The lowest BCUT2D eigenvalue weighted by Crippen LogP contribution is -2.27. The minimum atomic E-state index is -0.908. The number of esters is 1. The Balaban J connectivity index is 1.51. The Labute approximate surface area is 175 Å². The van der Waals surface area contributed by atoms with Crippen LogP contribution in [0.3, 0.4) is 0 Å². The van der Waals surface area contributed by atoms with Crippen molar-refractivity contribution in [3.8, 4) is 5.75 Å². The summed E-state index contributed by atoms with van der Waals surface area (Å²) in [6.45, 7) is 3.13. The molecule has 30 heavy (non-hydrogen) atoms. The standard InChI is InChI=1S/C25H22O5/c1-17-8-10-20(11-9-17)24(27)18(2)30-23(26)16-29-22-14-12-21(13-15-22)25(28)19-6-4-3-5-7-19/h3-15,18H,16H2,1-2H3. The van der Waals surface area contributed by atoms with Crippen molar-refractivity contribution >= 4 is 17.5 Å². The monoisotopic (exact) mass is 402 g/mol. The predicted octanol–water partition coefficient (Wildman–Crippen LogP) is 4.42. The average molecular weight is 402 g/mol. The Morgan fingerprint density at radius 2 is 1.33 bits per heavy atom. The molecule has 1 atom stereocenters. The summed E-state index contributed by atoms with van der Waals surface area (Å²) in [4.78, 5) is 36.8. The van der Waals surface area contributed by atoms with Crippen molar-refractivity contribution < 1.29 is 23.9 Å².